The molecule has 1 fully saturated rings. The minimum Gasteiger partial charge on any atom is -0.474 e. The molecule has 24 heavy (non-hydrogen) atoms. The molecule has 1 aromatic rings. The summed E-state index contributed by atoms with van der Waals surface area (Å²) in [6.45, 7) is 7.75. The van der Waals surface area contributed by atoms with Gasteiger partial charge in [-0.25, -0.2) is 9.98 Å². The average molecular weight is 446 g/mol. The van der Waals surface area contributed by atoms with E-state index >= 15 is 0 Å². The van der Waals surface area contributed by atoms with Crippen LogP contribution in [-0.2, 0) is 6.54 Å². The van der Waals surface area contributed by atoms with Gasteiger partial charge in [0.05, 0.1) is 6.54 Å². The molecule has 0 radical (unpaired) electrons. The first-order valence-corrected chi connectivity index (χ1v) is 8.83. The van der Waals surface area contributed by atoms with Crippen molar-refractivity contribution < 1.29 is 4.74 Å². The smallest absolute Gasteiger partial charge is 0.213 e. The first kappa shape index (κ1) is 21.0. The zero-order chi connectivity index (χ0) is 16.5. The molecule has 0 atom stereocenters. The van der Waals surface area contributed by atoms with Gasteiger partial charge < -0.3 is 15.4 Å². The number of rotatable bonds is 6. The molecule has 0 saturated heterocycles. The lowest BCUT2D eigenvalue weighted by atomic mass is 9.98. The van der Waals surface area contributed by atoms with Gasteiger partial charge in [-0.05, 0) is 58.1 Å². The predicted molar refractivity (Wildman–Crippen MR) is 110 cm³/mol. The maximum absolute atomic E-state index is 6.02. The van der Waals surface area contributed by atoms with Crippen molar-refractivity contribution in [3.05, 3.63) is 23.9 Å². The molecule has 5 nitrogen and oxygen atoms in total. The van der Waals surface area contributed by atoms with E-state index in [1.165, 1.54) is 19.3 Å². The highest BCUT2D eigenvalue weighted by Gasteiger charge is 2.15. The summed E-state index contributed by atoms with van der Waals surface area (Å²) >= 11 is 0. The van der Waals surface area contributed by atoms with E-state index in [1.54, 1.807) is 0 Å². The van der Waals surface area contributed by atoms with Crippen molar-refractivity contribution in [1.29, 1.82) is 0 Å². The van der Waals surface area contributed by atoms with E-state index < -0.39 is 0 Å². The first-order chi connectivity index (χ1) is 11.2. The molecule has 6 heteroatoms. The lowest BCUT2D eigenvalue weighted by Gasteiger charge is -2.22. The van der Waals surface area contributed by atoms with E-state index in [0.29, 0.717) is 18.7 Å². The third-order valence-electron chi connectivity index (χ3n) is 3.83. The molecule has 1 saturated carbocycles. The van der Waals surface area contributed by atoms with Crippen LogP contribution in [-0.4, -0.2) is 29.6 Å². The average Bonchev–Trinajstić information content (AvgIpc) is 2.54. The number of nitrogens with zero attached hydrogens (tertiary/aromatic N) is 2. The van der Waals surface area contributed by atoms with Crippen LogP contribution in [0.2, 0.25) is 0 Å². The van der Waals surface area contributed by atoms with Gasteiger partial charge in [-0.15, -0.1) is 24.0 Å². The molecule has 0 aliphatic heterocycles. The topological polar surface area (TPSA) is 58.5 Å². The Labute approximate surface area is 163 Å². The van der Waals surface area contributed by atoms with Gasteiger partial charge in [0.25, 0.3) is 0 Å². The summed E-state index contributed by atoms with van der Waals surface area (Å²) in [5.41, 5.74) is 1.12. The van der Waals surface area contributed by atoms with Crippen LogP contribution in [0.25, 0.3) is 0 Å². The van der Waals surface area contributed by atoms with Gasteiger partial charge in [-0.2, -0.15) is 0 Å². The van der Waals surface area contributed by atoms with E-state index in [2.05, 4.69) is 41.4 Å². The number of aromatic nitrogens is 1. The standard InChI is InChI=1S/C18H30N4O.HI/c1-4-19-18(22-14(2)3)21-13-15-10-11-20-17(12-15)23-16-8-6-5-7-9-16;/h10-12,14,16H,4-9,13H2,1-3H3,(H2,19,21,22);1H. The number of aliphatic imine (C=N–C) groups is 1. The van der Waals surface area contributed by atoms with Gasteiger partial charge in [-0.1, -0.05) is 6.42 Å². The molecule has 136 valence electrons. The summed E-state index contributed by atoms with van der Waals surface area (Å²) in [6, 6.07) is 4.36. The van der Waals surface area contributed by atoms with E-state index in [9.17, 15) is 0 Å². The van der Waals surface area contributed by atoms with Gasteiger partial charge in [0.15, 0.2) is 5.96 Å². The van der Waals surface area contributed by atoms with Gasteiger partial charge in [-0.3, -0.25) is 0 Å². The van der Waals surface area contributed by atoms with Crippen LogP contribution in [0.5, 0.6) is 5.88 Å². The lowest BCUT2D eigenvalue weighted by Crippen LogP contribution is -2.41. The molecule has 0 unspecified atom stereocenters. The van der Waals surface area contributed by atoms with E-state index in [0.717, 1.165) is 36.8 Å². The maximum Gasteiger partial charge on any atom is 0.213 e. The summed E-state index contributed by atoms with van der Waals surface area (Å²) < 4.78 is 6.02. The summed E-state index contributed by atoms with van der Waals surface area (Å²) in [7, 11) is 0. The predicted octanol–water partition coefficient (Wildman–Crippen LogP) is 3.87. The minimum absolute atomic E-state index is 0. The Hall–Kier alpha value is -1.05. The summed E-state index contributed by atoms with van der Waals surface area (Å²) in [6.07, 6.45) is 8.29. The Kier molecular flexibility index (Phi) is 10.1. The highest BCUT2D eigenvalue weighted by Crippen LogP contribution is 2.22. The normalized spacial score (nSPS) is 15.8. The molecule has 2 rings (SSSR count). The van der Waals surface area contributed by atoms with E-state index in [4.69, 9.17) is 4.74 Å². The maximum atomic E-state index is 6.02. The Bertz CT molecular complexity index is 502. The fraction of sp³-hybridized carbons (Fsp3) is 0.667. The number of hydrogen-bond donors (Lipinski definition) is 2. The van der Waals surface area contributed by atoms with Crippen molar-refractivity contribution in [2.75, 3.05) is 6.54 Å². The molecule has 1 aromatic heterocycles. The van der Waals surface area contributed by atoms with E-state index in [-0.39, 0.29) is 24.0 Å². The highest BCUT2D eigenvalue weighted by molar-refractivity contribution is 14.0. The number of nitrogens with one attached hydrogen (secondary N) is 2. The fourth-order valence-corrected chi connectivity index (χ4v) is 2.73. The van der Waals surface area contributed by atoms with Crippen molar-refractivity contribution in [2.24, 2.45) is 4.99 Å². The van der Waals surface area contributed by atoms with Gasteiger partial charge in [0.1, 0.15) is 6.10 Å². The van der Waals surface area contributed by atoms with Crippen LogP contribution in [0.1, 0.15) is 58.4 Å². The zero-order valence-electron chi connectivity index (χ0n) is 15.0. The largest absolute Gasteiger partial charge is 0.474 e. The van der Waals surface area contributed by atoms with Crippen molar-refractivity contribution in [3.8, 4) is 5.88 Å². The molecule has 0 bridgehead atoms. The number of ether oxygens (including phenoxy) is 1. The van der Waals surface area contributed by atoms with Crippen molar-refractivity contribution >= 4 is 29.9 Å². The fourth-order valence-electron chi connectivity index (χ4n) is 2.73. The molecule has 0 amide bonds. The number of halogens is 1. The monoisotopic (exact) mass is 446 g/mol. The Morgan fingerprint density at radius 2 is 2.08 bits per heavy atom. The highest BCUT2D eigenvalue weighted by atomic mass is 127. The van der Waals surface area contributed by atoms with E-state index in [1.807, 2.05) is 18.3 Å². The SMILES string of the molecule is CCNC(=NCc1ccnc(OC2CCCCC2)c1)NC(C)C.I. The molecular weight excluding hydrogens is 415 g/mol. The summed E-state index contributed by atoms with van der Waals surface area (Å²) in [5.74, 6) is 1.57. The van der Waals surface area contributed by atoms with Crippen LogP contribution in [0.3, 0.4) is 0 Å². The van der Waals surface area contributed by atoms with Crippen molar-refractivity contribution in [1.82, 2.24) is 15.6 Å². The molecule has 1 heterocycles. The van der Waals surface area contributed by atoms with Gasteiger partial charge >= 0.3 is 0 Å². The molecule has 0 spiro atoms. The van der Waals surface area contributed by atoms with Crippen LogP contribution < -0.4 is 15.4 Å². The number of guanidine groups is 1. The van der Waals surface area contributed by atoms with Gasteiger partial charge in [0.2, 0.25) is 5.88 Å². The molecular formula is C18H31IN4O. The lowest BCUT2D eigenvalue weighted by molar-refractivity contribution is 0.148. The minimum atomic E-state index is 0. The third kappa shape index (κ3) is 7.68. The first-order valence-electron chi connectivity index (χ1n) is 8.83. The summed E-state index contributed by atoms with van der Waals surface area (Å²) in [4.78, 5) is 8.97. The van der Waals surface area contributed by atoms with Crippen LogP contribution in [0, 0.1) is 0 Å². The van der Waals surface area contributed by atoms with Crippen LogP contribution in [0.4, 0.5) is 0 Å². The van der Waals surface area contributed by atoms with Crippen LogP contribution in [0.15, 0.2) is 23.3 Å². The third-order valence-corrected chi connectivity index (χ3v) is 3.83. The zero-order valence-corrected chi connectivity index (χ0v) is 17.4. The van der Waals surface area contributed by atoms with Crippen LogP contribution >= 0.6 is 24.0 Å². The second-order valence-electron chi connectivity index (χ2n) is 6.37. The number of hydrogen-bond acceptors (Lipinski definition) is 3. The summed E-state index contributed by atoms with van der Waals surface area (Å²) in [5, 5.41) is 6.58. The van der Waals surface area contributed by atoms with Crippen molar-refractivity contribution in [2.45, 2.75) is 71.6 Å². The molecule has 0 aromatic carbocycles. The molecule has 2 N–H and O–H groups in total. The Balaban J connectivity index is 0.00000288. The Morgan fingerprint density at radius 3 is 2.75 bits per heavy atom. The Morgan fingerprint density at radius 1 is 1.33 bits per heavy atom. The van der Waals surface area contributed by atoms with Gasteiger partial charge in [0, 0.05) is 24.8 Å². The second-order valence-corrected chi connectivity index (χ2v) is 6.37. The van der Waals surface area contributed by atoms with Crippen molar-refractivity contribution in [3.63, 3.8) is 0 Å². The second kappa shape index (κ2) is 11.5. The quantitative estimate of drug-likeness (QED) is 0.396. The number of pyridine rings is 1. The molecule has 1 aliphatic carbocycles. The molecule has 1 aliphatic rings.